The molecule has 15 heavy (non-hydrogen) atoms. The molecule has 0 atom stereocenters. The predicted molar refractivity (Wildman–Crippen MR) is 59.2 cm³/mol. The van der Waals surface area contributed by atoms with E-state index in [9.17, 15) is 8.42 Å². The molecule has 1 aliphatic carbocycles. The zero-order valence-corrected chi connectivity index (χ0v) is 9.63. The molecule has 1 aromatic heterocycles. The Kier molecular flexibility index (Phi) is 2.78. The molecule has 0 aromatic carbocycles. The molecule has 82 valence electrons. The van der Waals surface area contributed by atoms with Gasteiger partial charge < -0.3 is 0 Å². The van der Waals surface area contributed by atoms with Gasteiger partial charge in [0.25, 0.3) is 0 Å². The van der Waals surface area contributed by atoms with E-state index in [-0.39, 0.29) is 11.0 Å². The van der Waals surface area contributed by atoms with Crippen molar-refractivity contribution in [3.8, 4) is 0 Å². The van der Waals surface area contributed by atoms with Gasteiger partial charge in [-0.1, -0.05) is 6.42 Å². The number of hydrogen-bond acceptors (Lipinski definition) is 3. The summed E-state index contributed by atoms with van der Waals surface area (Å²) in [6.07, 6.45) is 4.37. The summed E-state index contributed by atoms with van der Waals surface area (Å²) in [4.78, 5) is 4.09. The zero-order chi connectivity index (χ0) is 10.9. The number of nitrogens with zero attached hydrogens (tertiary/aromatic N) is 1. The topological polar surface area (TPSA) is 47.0 Å². The Morgan fingerprint density at radius 2 is 2.20 bits per heavy atom. The van der Waals surface area contributed by atoms with Crippen LogP contribution in [0.15, 0.2) is 18.3 Å². The Bertz CT molecular complexity index is 449. The van der Waals surface area contributed by atoms with Crippen LogP contribution in [0.5, 0.6) is 0 Å². The highest BCUT2D eigenvalue weighted by Gasteiger charge is 2.31. The van der Waals surface area contributed by atoms with Crippen molar-refractivity contribution in [3.63, 3.8) is 0 Å². The first kappa shape index (κ1) is 10.6. The number of hydrogen-bond donors (Lipinski definition) is 0. The van der Waals surface area contributed by atoms with Crippen LogP contribution in [-0.2, 0) is 15.6 Å². The van der Waals surface area contributed by atoms with Crippen LogP contribution >= 0.6 is 0 Å². The molecule has 0 unspecified atom stereocenters. The van der Waals surface area contributed by atoms with Gasteiger partial charge >= 0.3 is 0 Å². The first-order valence-corrected chi connectivity index (χ1v) is 6.92. The summed E-state index contributed by atoms with van der Waals surface area (Å²) in [7, 11) is -2.96. The summed E-state index contributed by atoms with van der Waals surface area (Å²) in [6, 6.07) is 3.72. The third kappa shape index (κ3) is 2.37. The Hall–Kier alpha value is -0.900. The smallest absolute Gasteiger partial charge is 0.158 e. The maximum absolute atomic E-state index is 11.9. The highest BCUT2D eigenvalue weighted by molar-refractivity contribution is 7.91. The van der Waals surface area contributed by atoms with Gasteiger partial charge in [0.2, 0.25) is 0 Å². The van der Waals surface area contributed by atoms with E-state index in [0.29, 0.717) is 5.69 Å². The molecule has 0 spiro atoms. The molecule has 1 saturated carbocycles. The first-order chi connectivity index (χ1) is 7.08. The molecule has 0 saturated heterocycles. The van der Waals surface area contributed by atoms with Crippen molar-refractivity contribution in [2.45, 2.75) is 37.2 Å². The lowest BCUT2D eigenvalue weighted by atomic mass is 10.0. The number of sulfone groups is 1. The summed E-state index contributed by atoms with van der Waals surface area (Å²) >= 11 is 0. The maximum atomic E-state index is 11.9. The van der Waals surface area contributed by atoms with Gasteiger partial charge in [0.15, 0.2) is 9.84 Å². The lowest BCUT2D eigenvalue weighted by molar-refractivity contribution is 0.476. The minimum absolute atomic E-state index is 0.0966. The van der Waals surface area contributed by atoms with E-state index < -0.39 is 9.84 Å². The van der Waals surface area contributed by atoms with Crippen molar-refractivity contribution in [1.82, 2.24) is 4.98 Å². The molecule has 0 amide bonds. The average Bonchev–Trinajstić information content (AvgIpc) is 1.97. The molecule has 0 N–H and O–H groups in total. The second-order valence-electron chi connectivity index (χ2n) is 4.18. The third-order valence-electron chi connectivity index (χ3n) is 2.88. The molecule has 4 heteroatoms. The normalized spacial score (nSPS) is 17.4. The van der Waals surface area contributed by atoms with Crippen molar-refractivity contribution in [2.24, 2.45) is 0 Å². The number of aromatic nitrogens is 1. The Morgan fingerprint density at radius 3 is 2.73 bits per heavy atom. The van der Waals surface area contributed by atoms with Gasteiger partial charge in [-0.25, -0.2) is 8.42 Å². The van der Waals surface area contributed by atoms with Gasteiger partial charge in [-0.15, -0.1) is 0 Å². The van der Waals surface area contributed by atoms with Crippen molar-refractivity contribution in [2.75, 3.05) is 0 Å². The molecule has 0 bridgehead atoms. The largest absolute Gasteiger partial charge is 0.260 e. The Labute approximate surface area is 90.5 Å². The lowest BCUT2D eigenvalue weighted by Crippen LogP contribution is -2.29. The van der Waals surface area contributed by atoms with E-state index in [2.05, 4.69) is 4.98 Å². The van der Waals surface area contributed by atoms with Gasteiger partial charge in [0.1, 0.15) is 0 Å². The van der Waals surface area contributed by atoms with Gasteiger partial charge in [0.05, 0.1) is 16.7 Å². The van der Waals surface area contributed by atoms with E-state index in [4.69, 9.17) is 0 Å². The van der Waals surface area contributed by atoms with Crippen molar-refractivity contribution >= 4 is 9.84 Å². The minimum Gasteiger partial charge on any atom is -0.260 e. The van der Waals surface area contributed by atoms with Crippen LogP contribution in [0.3, 0.4) is 0 Å². The SMILES string of the molecule is Cc1ccnc(CS(=O)(=O)C2CCC2)c1. The van der Waals surface area contributed by atoms with E-state index >= 15 is 0 Å². The molecule has 2 rings (SSSR count). The fourth-order valence-electron chi connectivity index (χ4n) is 1.73. The van der Waals surface area contributed by atoms with Gasteiger partial charge in [-0.2, -0.15) is 0 Å². The van der Waals surface area contributed by atoms with Crippen molar-refractivity contribution < 1.29 is 8.42 Å². The molecule has 1 aliphatic rings. The first-order valence-electron chi connectivity index (χ1n) is 5.21. The van der Waals surface area contributed by atoms with Crippen LogP contribution in [0.4, 0.5) is 0 Å². The zero-order valence-electron chi connectivity index (χ0n) is 8.81. The quantitative estimate of drug-likeness (QED) is 0.788. The fraction of sp³-hybridized carbons (Fsp3) is 0.545. The Morgan fingerprint density at radius 1 is 1.47 bits per heavy atom. The van der Waals surface area contributed by atoms with Gasteiger partial charge in [-0.05, 0) is 37.5 Å². The van der Waals surface area contributed by atoms with Crippen molar-refractivity contribution in [3.05, 3.63) is 29.6 Å². The minimum atomic E-state index is -2.96. The van der Waals surface area contributed by atoms with E-state index in [1.807, 2.05) is 19.1 Å². The highest BCUT2D eigenvalue weighted by atomic mass is 32.2. The van der Waals surface area contributed by atoms with Crippen LogP contribution < -0.4 is 0 Å². The fourth-order valence-corrected chi connectivity index (χ4v) is 3.59. The van der Waals surface area contributed by atoms with E-state index in [0.717, 1.165) is 24.8 Å². The lowest BCUT2D eigenvalue weighted by Gasteiger charge is -2.24. The summed E-state index contributed by atoms with van der Waals surface area (Å²) in [5, 5.41) is -0.111. The number of aryl methyl sites for hydroxylation is 1. The second kappa shape index (κ2) is 3.93. The van der Waals surface area contributed by atoms with Crippen LogP contribution in [0.2, 0.25) is 0 Å². The van der Waals surface area contributed by atoms with E-state index in [1.165, 1.54) is 0 Å². The van der Waals surface area contributed by atoms with Gasteiger partial charge in [0, 0.05) is 6.20 Å². The van der Waals surface area contributed by atoms with Crippen LogP contribution in [0, 0.1) is 6.92 Å². The molecule has 1 aromatic rings. The molecule has 0 aliphatic heterocycles. The summed E-state index contributed by atoms with van der Waals surface area (Å²) < 4.78 is 23.7. The van der Waals surface area contributed by atoms with Crippen molar-refractivity contribution in [1.29, 1.82) is 0 Å². The molecule has 3 nitrogen and oxygen atoms in total. The molecular weight excluding hydrogens is 210 g/mol. The van der Waals surface area contributed by atoms with Crippen LogP contribution in [-0.4, -0.2) is 18.7 Å². The maximum Gasteiger partial charge on any atom is 0.158 e. The monoisotopic (exact) mass is 225 g/mol. The molecule has 1 fully saturated rings. The van der Waals surface area contributed by atoms with Gasteiger partial charge in [-0.3, -0.25) is 4.98 Å². The number of rotatable bonds is 3. The summed E-state index contributed by atoms with van der Waals surface area (Å²) in [5.74, 6) is 0.0966. The third-order valence-corrected chi connectivity index (χ3v) is 5.07. The summed E-state index contributed by atoms with van der Waals surface area (Å²) in [6.45, 7) is 1.95. The molecule has 0 radical (unpaired) electrons. The summed E-state index contributed by atoms with van der Waals surface area (Å²) in [5.41, 5.74) is 1.73. The highest BCUT2D eigenvalue weighted by Crippen LogP contribution is 2.28. The van der Waals surface area contributed by atoms with Crippen LogP contribution in [0.1, 0.15) is 30.5 Å². The van der Waals surface area contributed by atoms with E-state index in [1.54, 1.807) is 6.20 Å². The standard InChI is InChI=1S/C11H15NO2S/c1-9-5-6-12-10(7-9)8-15(13,14)11-3-2-4-11/h5-7,11H,2-4,8H2,1H3. The molecule has 1 heterocycles. The number of pyridine rings is 1. The Balaban J connectivity index is 2.14. The predicted octanol–water partition coefficient (Wildman–Crippen LogP) is 1.86. The molecular formula is C11H15NO2S. The average molecular weight is 225 g/mol. The van der Waals surface area contributed by atoms with Crippen LogP contribution in [0.25, 0.3) is 0 Å². The second-order valence-corrected chi connectivity index (χ2v) is 6.47.